The summed E-state index contributed by atoms with van der Waals surface area (Å²) >= 11 is 1.29. The first-order valence-electron chi connectivity index (χ1n) is 11.4. The van der Waals surface area contributed by atoms with Crippen molar-refractivity contribution in [3.8, 4) is 23.0 Å². The van der Waals surface area contributed by atoms with Gasteiger partial charge in [-0.15, -0.1) is 0 Å². The smallest absolute Gasteiger partial charge is 0.416 e. The van der Waals surface area contributed by atoms with E-state index in [1.54, 1.807) is 30.3 Å². The van der Waals surface area contributed by atoms with E-state index in [1.165, 1.54) is 43.9 Å². The van der Waals surface area contributed by atoms with Crippen LogP contribution in [0.1, 0.15) is 11.1 Å². The number of methoxy groups -OCH3 is 2. The number of nitrogens with zero attached hydrogens (tertiary/aromatic N) is 2. The van der Waals surface area contributed by atoms with E-state index in [-0.39, 0.29) is 5.75 Å². The van der Waals surface area contributed by atoms with Crippen LogP contribution in [0.25, 0.3) is 21.1 Å². The third-order valence-corrected chi connectivity index (χ3v) is 6.80. The van der Waals surface area contributed by atoms with Crippen molar-refractivity contribution < 1.29 is 31.8 Å². The molecule has 38 heavy (non-hydrogen) atoms. The first kappa shape index (κ1) is 25.5. The van der Waals surface area contributed by atoms with E-state index in [0.29, 0.717) is 62.0 Å². The summed E-state index contributed by atoms with van der Waals surface area (Å²) in [5.74, 6) is 0.755. The zero-order chi connectivity index (χ0) is 26.9. The average molecular weight is 544 g/mol. The molecule has 5 rings (SSSR count). The second kappa shape index (κ2) is 10.3. The molecule has 0 unspecified atom stereocenters. The Morgan fingerprint density at radius 3 is 2.55 bits per heavy atom. The molecule has 0 aliphatic heterocycles. The second-order valence-corrected chi connectivity index (χ2v) is 9.28. The fourth-order valence-electron chi connectivity index (χ4n) is 4.01. The maximum absolute atomic E-state index is 15.0. The summed E-state index contributed by atoms with van der Waals surface area (Å²) in [6.45, 7) is 0.362. The van der Waals surface area contributed by atoms with Crippen molar-refractivity contribution in [3.63, 3.8) is 0 Å². The summed E-state index contributed by atoms with van der Waals surface area (Å²) in [6, 6.07) is 13.2. The maximum Gasteiger partial charge on any atom is 0.416 e. The molecule has 2 heterocycles. The third-order valence-electron chi connectivity index (χ3n) is 5.82. The molecule has 11 heteroatoms. The van der Waals surface area contributed by atoms with Gasteiger partial charge in [-0.25, -0.2) is 9.37 Å². The summed E-state index contributed by atoms with van der Waals surface area (Å²) < 4.78 is 71.2. The van der Waals surface area contributed by atoms with E-state index >= 15 is 0 Å². The van der Waals surface area contributed by atoms with Crippen molar-refractivity contribution in [2.75, 3.05) is 26.1 Å². The molecule has 2 aromatic heterocycles. The number of pyridine rings is 1. The van der Waals surface area contributed by atoms with Crippen molar-refractivity contribution in [1.29, 1.82) is 0 Å². The fraction of sp³-hybridized carbons (Fsp3) is 0.185. The molecule has 0 spiro atoms. The minimum absolute atomic E-state index is 0.0129. The first-order chi connectivity index (χ1) is 18.3. The number of hydrogen-bond donors (Lipinski definition) is 1. The SMILES string of the molecule is COc1ccc2c(Oc3cc4sc(NCCc5cccc(C(F)(F)F)c5)nc4cc3F)ccnc2c1OC. The van der Waals surface area contributed by atoms with E-state index in [9.17, 15) is 17.6 Å². The van der Waals surface area contributed by atoms with Crippen LogP contribution in [0.4, 0.5) is 22.7 Å². The molecule has 0 atom stereocenters. The standard InChI is InChI=1S/C27H21F4N3O3S/c1-35-21-7-6-17-20(9-11-32-24(17)25(21)36-2)37-22-14-23-19(13-18(22)28)34-26(38-23)33-10-8-15-4-3-5-16(12-15)27(29,30)31/h3-7,9,11-14H,8,10H2,1-2H3,(H,33,34). The predicted octanol–water partition coefficient (Wildman–Crippen LogP) is 7.47. The molecule has 0 aliphatic carbocycles. The molecular weight excluding hydrogens is 522 g/mol. The Morgan fingerprint density at radius 2 is 1.79 bits per heavy atom. The highest BCUT2D eigenvalue weighted by atomic mass is 32.1. The molecule has 0 bridgehead atoms. The van der Waals surface area contributed by atoms with Crippen LogP contribution in [0, 0.1) is 5.82 Å². The maximum atomic E-state index is 15.0. The molecule has 0 fully saturated rings. The van der Waals surface area contributed by atoms with E-state index in [4.69, 9.17) is 14.2 Å². The average Bonchev–Trinajstić information content (AvgIpc) is 3.29. The molecule has 3 aromatic carbocycles. The number of benzene rings is 3. The van der Waals surface area contributed by atoms with E-state index in [0.717, 1.165) is 12.1 Å². The van der Waals surface area contributed by atoms with Crippen LogP contribution < -0.4 is 19.5 Å². The monoisotopic (exact) mass is 543 g/mol. The van der Waals surface area contributed by atoms with Gasteiger partial charge in [0.15, 0.2) is 28.2 Å². The van der Waals surface area contributed by atoms with Crippen molar-refractivity contribution >= 4 is 37.6 Å². The summed E-state index contributed by atoms with van der Waals surface area (Å²) in [5.41, 5.74) is 0.815. The van der Waals surface area contributed by atoms with Gasteiger partial charge in [-0.3, -0.25) is 4.98 Å². The largest absolute Gasteiger partial charge is 0.493 e. The van der Waals surface area contributed by atoms with Gasteiger partial charge in [-0.05, 0) is 36.2 Å². The number of nitrogens with one attached hydrogen (secondary N) is 1. The Balaban J connectivity index is 1.34. The van der Waals surface area contributed by atoms with Crippen LogP contribution >= 0.6 is 11.3 Å². The zero-order valence-corrected chi connectivity index (χ0v) is 21.0. The highest BCUT2D eigenvalue weighted by Gasteiger charge is 2.30. The van der Waals surface area contributed by atoms with Crippen LogP contribution in [0.15, 0.2) is 60.8 Å². The molecule has 0 saturated heterocycles. The first-order valence-corrected chi connectivity index (χ1v) is 12.3. The van der Waals surface area contributed by atoms with Crippen molar-refractivity contribution in [2.24, 2.45) is 0 Å². The molecule has 196 valence electrons. The van der Waals surface area contributed by atoms with Crippen molar-refractivity contribution in [3.05, 3.63) is 77.7 Å². The lowest BCUT2D eigenvalue weighted by Gasteiger charge is -2.13. The highest BCUT2D eigenvalue weighted by molar-refractivity contribution is 7.22. The second-order valence-electron chi connectivity index (χ2n) is 8.25. The van der Waals surface area contributed by atoms with Crippen LogP contribution in [-0.4, -0.2) is 30.7 Å². The zero-order valence-electron chi connectivity index (χ0n) is 20.2. The Kier molecular flexibility index (Phi) is 6.94. The van der Waals surface area contributed by atoms with Gasteiger partial charge in [0.1, 0.15) is 11.3 Å². The van der Waals surface area contributed by atoms with Gasteiger partial charge in [-0.1, -0.05) is 29.5 Å². The fourth-order valence-corrected chi connectivity index (χ4v) is 4.92. The van der Waals surface area contributed by atoms with Crippen LogP contribution in [0.5, 0.6) is 23.0 Å². The number of alkyl halides is 3. The lowest BCUT2D eigenvalue weighted by molar-refractivity contribution is -0.137. The topological polar surface area (TPSA) is 65.5 Å². The lowest BCUT2D eigenvalue weighted by Crippen LogP contribution is -2.08. The van der Waals surface area contributed by atoms with Gasteiger partial charge >= 0.3 is 6.18 Å². The van der Waals surface area contributed by atoms with Crippen molar-refractivity contribution in [2.45, 2.75) is 12.6 Å². The van der Waals surface area contributed by atoms with Crippen LogP contribution in [0.2, 0.25) is 0 Å². The minimum atomic E-state index is -4.39. The Bertz CT molecular complexity index is 1620. The minimum Gasteiger partial charge on any atom is -0.493 e. The number of thiazole rings is 1. The number of rotatable bonds is 8. The molecular formula is C27H21F4N3O3S. The molecule has 0 aliphatic rings. The van der Waals surface area contributed by atoms with Crippen LogP contribution in [0.3, 0.4) is 0 Å². The summed E-state index contributed by atoms with van der Waals surface area (Å²) in [4.78, 5) is 8.75. The highest BCUT2D eigenvalue weighted by Crippen LogP contribution is 2.40. The Hall–Kier alpha value is -4.12. The molecule has 5 aromatic rings. The summed E-state index contributed by atoms with van der Waals surface area (Å²) in [7, 11) is 3.04. The van der Waals surface area contributed by atoms with Gasteiger partial charge in [0.2, 0.25) is 0 Å². The number of fused-ring (bicyclic) bond motifs is 2. The number of ether oxygens (including phenoxy) is 3. The third kappa shape index (κ3) is 5.14. The van der Waals surface area contributed by atoms with E-state index in [1.807, 2.05) is 0 Å². The van der Waals surface area contributed by atoms with E-state index in [2.05, 4.69) is 15.3 Å². The Morgan fingerprint density at radius 1 is 0.947 bits per heavy atom. The summed E-state index contributed by atoms with van der Waals surface area (Å²) in [6.07, 6.45) is -2.48. The normalized spacial score (nSPS) is 11.6. The molecule has 1 N–H and O–H groups in total. The van der Waals surface area contributed by atoms with E-state index < -0.39 is 17.6 Å². The van der Waals surface area contributed by atoms with Gasteiger partial charge in [0.25, 0.3) is 0 Å². The van der Waals surface area contributed by atoms with Gasteiger partial charge in [0.05, 0.1) is 30.0 Å². The number of halogens is 4. The molecule has 0 saturated carbocycles. The molecule has 0 amide bonds. The van der Waals surface area contributed by atoms with Gasteiger partial charge in [-0.2, -0.15) is 13.2 Å². The molecule has 0 radical (unpaired) electrons. The molecule has 6 nitrogen and oxygen atoms in total. The van der Waals surface area contributed by atoms with Gasteiger partial charge in [0, 0.05) is 30.3 Å². The number of hydrogen-bond acceptors (Lipinski definition) is 7. The number of anilines is 1. The van der Waals surface area contributed by atoms with Crippen LogP contribution in [-0.2, 0) is 12.6 Å². The number of aromatic nitrogens is 2. The van der Waals surface area contributed by atoms with Gasteiger partial charge < -0.3 is 19.5 Å². The predicted molar refractivity (Wildman–Crippen MR) is 138 cm³/mol. The quantitative estimate of drug-likeness (QED) is 0.205. The summed E-state index contributed by atoms with van der Waals surface area (Å²) in [5, 5.41) is 4.25. The van der Waals surface area contributed by atoms with Crippen molar-refractivity contribution in [1.82, 2.24) is 9.97 Å². The lowest BCUT2D eigenvalue weighted by atomic mass is 10.1. The Labute approximate surface area is 218 Å².